The third-order valence-electron chi connectivity index (χ3n) is 5.77. The molecule has 0 saturated heterocycles. The van der Waals surface area contributed by atoms with Gasteiger partial charge in [-0.3, -0.25) is 4.79 Å². The maximum atomic E-state index is 12.1. The van der Waals surface area contributed by atoms with Crippen LogP contribution in [0.25, 0.3) is 0 Å². The fourth-order valence-electron chi connectivity index (χ4n) is 4.31. The van der Waals surface area contributed by atoms with Crippen molar-refractivity contribution in [2.24, 2.45) is 16.0 Å². The zero-order valence-electron chi connectivity index (χ0n) is 16.1. The van der Waals surface area contributed by atoms with E-state index in [-0.39, 0.29) is 23.1 Å². The summed E-state index contributed by atoms with van der Waals surface area (Å²) in [4.78, 5) is 16.4. The van der Waals surface area contributed by atoms with Gasteiger partial charge < -0.3 is 4.74 Å². The van der Waals surface area contributed by atoms with Crippen molar-refractivity contribution in [3.05, 3.63) is 64.2 Å². The third kappa shape index (κ3) is 3.15. The van der Waals surface area contributed by atoms with Gasteiger partial charge in [-0.1, -0.05) is 35.5 Å². The van der Waals surface area contributed by atoms with Crippen molar-refractivity contribution in [2.45, 2.75) is 31.1 Å². The Morgan fingerprint density at radius 2 is 2.00 bits per heavy atom. The zero-order chi connectivity index (χ0) is 20.1. The van der Waals surface area contributed by atoms with Gasteiger partial charge in [-0.25, -0.2) is 5.01 Å². The van der Waals surface area contributed by atoms with Gasteiger partial charge >= 0.3 is 0 Å². The van der Waals surface area contributed by atoms with E-state index in [1.807, 2.05) is 42.3 Å². The molecule has 29 heavy (non-hydrogen) atoms. The highest BCUT2D eigenvalue weighted by atomic mass is 35.5. The number of halogens is 1. The average Bonchev–Trinajstić information content (AvgIpc) is 3.28. The molecular weight excluding hydrogens is 406 g/mol. The zero-order valence-corrected chi connectivity index (χ0v) is 17.7. The van der Waals surface area contributed by atoms with E-state index in [2.05, 4.69) is 17.1 Å². The molecule has 0 N–H and O–H groups in total. The summed E-state index contributed by atoms with van der Waals surface area (Å²) >= 11 is 7.60. The van der Waals surface area contributed by atoms with Crippen LogP contribution in [0.3, 0.4) is 0 Å². The molecular formula is C22H20ClN3O2S. The van der Waals surface area contributed by atoms with Gasteiger partial charge in [0.25, 0.3) is 5.91 Å². The Bertz CT molecular complexity index is 1050. The van der Waals surface area contributed by atoms with Crippen molar-refractivity contribution in [3.8, 4) is 5.75 Å². The lowest BCUT2D eigenvalue weighted by Gasteiger charge is -2.30. The van der Waals surface area contributed by atoms with Gasteiger partial charge in [0, 0.05) is 16.5 Å². The molecule has 0 bridgehead atoms. The molecule has 1 amide bonds. The number of benzene rings is 2. The van der Waals surface area contributed by atoms with Gasteiger partial charge in [0.2, 0.25) is 0 Å². The molecule has 2 aromatic carbocycles. The number of hydrazone groups is 1. The van der Waals surface area contributed by atoms with Gasteiger partial charge in [0.15, 0.2) is 5.17 Å². The molecule has 2 aromatic rings. The Morgan fingerprint density at radius 1 is 1.21 bits per heavy atom. The minimum absolute atomic E-state index is 0.00173. The summed E-state index contributed by atoms with van der Waals surface area (Å²) in [6.07, 6.45) is 1.94. The first kappa shape index (κ1) is 18.7. The lowest BCUT2D eigenvalue weighted by molar-refractivity contribution is -0.116. The fraction of sp³-hybridized carbons (Fsp3) is 0.318. The molecule has 2 aliphatic heterocycles. The van der Waals surface area contributed by atoms with Crippen molar-refractivity contribution in [1.82, 2.24) is 5.01 Å². The number of hydrogen-bond donors (Lipinski definition) is 0. The van der Waals surface area contributed by atoms with Crippen LogP contribution in [0.5, 0.6) is 5.75 Å². The normalized spacial score (nSPS) is 25.4. The average molecular weight is 426 g/mol. The molecule has 0 radical (unpaired) electrons. The summed E-state index contributed by atoms with van der Waals surface area (Å²) in [5, 5.41) is 8.18. The second kappa shape index (κ2) is 7.18. The van der Waals surface area contributed by atoms with Crippen LogP contribution in [-0.4, -0.2) is 34.2 Å². The van der Waals surface area contributed by atoms with Crippen LogP contribution < -0.4 is 4.74 Å². The lowest BCUT2D eigenvalue weighted by Crippen LogP contribution is -2.30. The first-order chi connectivity index (χ1) is 14.0. The summed E-state index contributed by atoms with van der Waals surface area (Å²) in [5.41, 5.74) is 4.60. The van der Waals surface area contributed by atoms with E-state index in [0.29, 0.717) is 10.2 Å². The standard InChI is InChI=1S/C22H20ClN3O2S/c1-12-21(27)24-22(29-12)26-20(13-3-6-15(23)7-4-13)18-9-5-14-11-16(28-2)8-10-17(14)19(18)25-26/h3-4,6-8,10-12,18,20H,5,9H2,1-2H3/t12?,18-,20-/m1/s1. The summed E-state index contributed by atoms with van der Waals surface area (Å²) < 4.78 is 5.40. The number of aryl methyl sites for hydroxylation is 1. The summed E-state index contributed by atoms with van der Waals surface area (Å²) in [5.74, 6) is 0.994. The number of rotatable bonds is 2. The van der Waals surface area contributed by atoms with Gasteiger partial charge in [-0.2, -0.15) is 10.1 Å². The quantitative estimate of drug-likeness (QED) is 0.700. The minimum Gasteiger partial charge on any atom is -0.497 e. The highest BCUT2D eigenvalue weighted by Gasteiger charge is 2.45. The number of amides is 1. The van der Waals surface area contributed by atoms with E-state index in [9.17, 15) is 4.79 Å². The Morgan fingerprint density at radius 3 is 2.69 bits per heavy atom. The molecule has 0 spiro atoms. The number of aliphatic imine (C=N–C) groups is 1. The van der Waals surface area contributed by atoms with Crippen LogP contribution in [0.15, 0.2) is 52.6 Å². The van der Waals surface area contributed by atoms with Crippen LogP contribution >= 0.6 is 23.4 Å². The van der Waals surface area contributed by atoms with Gasteiger partial charge in [0.05, 0.1) is 24.1 Å². The van der Waals surface area contributed by atoms with Crippen molar-refractivity contribution in [3.63, 3.8) is 0 Å². The Balaban J connectivity index is 1.60. The summed E-state index contributed by atoms with van der Waals surface area (Å²) in [6, 6.07) is 14.1. The second-order valence-electron chi connectivity index (χ2n) is 7.49. The molecule has 1 unspecified atom stereocenters. The van der Waals surface area contributed by atoms with E-state index < -0.39 is 0 Å². The Kier molecular flexibility index (Phi) is 4.63. The van der Waals surface area contributed by atoms with E-state index >= 15 is 0 Å². The molecule has 148 valence electrons. The number of hydrogen-bond acceptors (Lipinski definition) is 5. The van der Waals surface area contributed by atoms with Crippen LogP contribution in [0.1, 0.15) is 36.1 Å². The van der Waals surface area contributed by atoms with Gasteiger partial charge in [-0.05, 0) is 61.2 Å². The Hall–Kier alpha value is -2.31. The van der Waals surface area contributed by atoms with Crippen molar-refractivity contribution in [2.75, 3.05) is 7.11 Å². The van der Waals surface area contributed by atoms with Gasteiger partial charge in [-0.15, -0.1) is 0 Å². The predicted octanol–water partition coefficient (Wildman–Crippen LogP) is 4.69. The first-order valence-electron chi connectivity index (χ1n) is 9.65. The highest BCUT2D eigenvalue weighted by Crippen LogP contribution is 2.46. The SMILES string of the molecule is COc1ccc2c(c1)CC[C@@H]1C2=NN(C2=NC(=O)C(C)S2)[C@@H]1c1ccc(Cl)cc1. The topological polar surface area (TPSA) is 54.3 Å². The van der Waals surface area contributed by atoms with Crippen LogP contribution in [0.4, 0.5) is 0 Å². The number of methoxy groups -OCH3 is 1. The lowest BCUT2D eigenvalue weighted by atomic mass is 9.77. The number of carbonyl (C=O) groups excluding carboxylic acids is 1. The van der Waals surface area contributed by atoms with Gasteiger partial charge in [0.1, 0.15) is 5.75 Å². The van der Waals surface area contributed by atoms with Crippen LogP contribution in [-0.2, 0) is 11.2 Å². The molecule has 5 rings (SSSR count). The largest absolute Gasteiger partial charge is 0.497 e. The molecule has 0 fully saturated rings. The molecule has 7 heteroatoms. The smallest absolute Gasteiger partial charge is 0.261 e. The number of nitrogens with zero attached hydrogens (tertiary/aromatic N) is 3. The molecule has 1 aliphatic carbocycles. The number of fused-ring (bicyclic) bond motifs is 3. The summed E-state index contributed by atoms with van der Waals surface area (Å²) in [7, 11) is 1.69. The van der Waals surface area contributed by atoms with Crippen LogP contribution in [0.2, 0.25) is 5.02 Å². The van der Waals surface area contributed by atoms with E-state index in [4.69, 9.17) is 21.4 Å². The summed E-state index contributed by atoms with van der Waals surface area (Å²) in [6.45, 7) is 1.89. The number of amidine groups is 1. The first-order valence-corrected chi connectivity index (χ1v) is 10.9. The van der Waals surface area contributed by atoms with Crippen molar-refractivity contribution >= 4 is 40.1 Å². The third-order valence-corrected chi connectivity index (χ3v) is 7.06. The van der Waals surface area contributed by atoms with Crippen LogP contribution in [0, 0.1) is 5.92 Å². The molecule has 3 atom stereocenters. The Labute approximate surface area is 178 Å². The van der Waals surface area contributed by atoms with E-state index in [1.54, 1.807) is 7.11 Å². The maximum Gasteiger partial charge on any atom is 0.261 e. The van der Waals surface area contributed by atoms with E-state index in [1.165, 1.54) is 17.3 Å². The minimum atomic E-state index is -0.171. The molecule has 0 aromatic heterocycles. The molecule has 5 nitrogen and oxygen atoms in total. The number of thioether (sulfide) groups is 1. The van der Waals surface area contributed by atoms with E-state index in [0.717, 1.165) is 35.4 Å². The molecule has 2 heterocycles. The van der Waals surface area contributed by atoms with Crippen molar-refractivity contribution in [1.29, 1.82) is 0 Å². The second-order valence-corrected chi connectivity index (χ2v) is 9.23. The number of ether oxygens (including phenoxy) is 1. The maximum absolute atomic E-state index is 12.1. The molecule has 3 aliphatic rings. The molecule has 0 saturated carbocycles. The van der Waals surface area contributed by atoms with Crippen molar-refractivity contribution < 1.29 is 9.53 Å². The predicted molar refractivity (Wildman–Crippen MR) is 117 cm³/mol. The fourth-order valence-corrected chi connectivity index (χ4v) is 5.31. The highest BCUT2D eigenvalue weighted by molar-refractivity contribution is 8.15. The monoisotopic (exact) mass is 425 g/mol. The number of carbonyl (C=O) groups is 1.